The van der Waals surface area contributed by atoms with Gasteiger partial charge in [0.1, 0.15) is 6.61 Å². The minimum atomic E-state index is -0.947. The minimum absolute atomic E-state index is 0.262. The predicted molar refractivity (Wildman–Crippen MR) is 73.7 cm³/mol. The second kappa shape index (κ2) is 5.67. The lowest BCUT2D eigenvalue weighted by atomic mass is 9.95. The predicted octanol–water partition coefficient (Wildman–Crippen LogP) is 2.67. The molecule has 0 spiro atoms. The van der Waals surface area contributed by atoms with E-state index in [0.29, 0.717) is 29.7 Å². The lowest BCUT2D eigenvalue weighted by Gasteiger charge is -2.47. The molecule has 0 saturated carbocycles. The van der Waals surface area contributed by atoms with Crippen LogP contribution in [0.5, 0.6) is 0 Å². The highest BCUT2D eigenvalue weighted by Crippen LogP contribution is 2.29. The molecule has 1 saturated heterocycles. The van der Waals surface area contributed by atoms with E-state index in [1.54, 1.807) is 12.1 Å². The maximum Gasteiger partial charge on any atom is 0.329 e. The maximum atomic E-state index is 10.5. The van der Waals surface area contributed by atoms with E-state index < -0.39 is 5.97 Å². The molecular formula is C13H15Cl2NO3. The second-order valence-corrected chi connectivity index (χ2v) is 5.86. The van der Waals surface area contributed by atoms with Crippen molar-refractivity contribution >= 4 is 29.2 Å². The summed E-state index contributed by atoms with van der Waals surface area (Å²) in [4.78, 5) is 12.6. The van der Waals surface area contributed by atoms with Crippen LogP contribution in [-0.4, -0.2) is 41.3 Å². The zero-order valence-corrected chi connectivity index (χ0v) is 12.0. The highest BCUT2D eigenvalue weighted by molar-refractivity contribution is 6.33. The molecule has 1 aliphatic rings. The van der Waals surface area contributed by atoms with Gasteiger partial charge in [-0.1, -0.05) is 23.2 Å². The molecule has 1 aromatic carbocycles. The first kappa shape index (κ1) is 14.6. The topological polar surface area (TPSA) is 49.8 Å². The van der Waals surface area contributed by atoms with Gasteiger partial charge >= 0.3 is 5.97 Å². The van der Waals surface area contributed by atoms with Gasteiger partial charge in [-0.15, -0.1) is 0 Å². The molecule has 1 aromatic rings. The van der Waals surface area contributed by atoms with Crippen LogP contribution >= 0.6 is 23.2 Å². The van der Waals surface area contributed by atoms with Crippen LogP contribution < -0.4 is 0 Å². The van der Waals surface area contributed by atoms with Gasteiger partial charge in [0, 0.05) is 29.7 Å². The fourth-order valence-electron chi connectivity index (χ4n) is 2.24. The highest BCUT2D eigenvalue weighted by atomic mass is 35.5. The summed E-state index contributed by atoms with van der Waals surface area (Å²) in [5.41, 5.74) is 0.582. The number of nitrogens with zero attached hydrogens (tertiary/aromatic N) is 1. The van der Waals surface area contributed by atoms with Crippen molar-refractivity contribution in [1.29, 1.82) is 0 Å². The number of rotatable bonds is 5. The van der Waals surface area contributed by atoms with Crippen LogP contribution in [0.1, 0.15) is 12.5 Å². The van der Waals surface area contributed by atoms with E-state index in [4.69, 9.17) is 33.0 Å². The molecule has 1 aliphatic heterocycles. The van der Waals surface area contributed by atoms with E-state index >= 15 is 0 Å². The van der Waals surface area contributed by atoms with Crippen LogP contribution in [0.15, 0.2) is 18.2 Å². The number of hydrogen-bond donors (Lipinski definition) is 1. The summed E-state index contributed by atoms with van der Waals surface area (Å²) < 4.78 is 5.35. The maximum absolute atomic E-state index is 10.5. The summed E-state index contributed by atoms with van der Waals surface area (Å²) in [7, 11) is 0. The van der Waals surface area contributed by atoms with Crippen LogP contribution in [0, 0.1) is 0 Å². The highest BCUT2D eigenvalue weighted by Gasteiger charge is 2.40. The van der Waals surface area contributed by atoms with Gasteiger partial charge in [0.05, 0.1) is 5.60 Å². The average Bonchev–Trinajstić information content (AvgIpc) is 2.29. The van der Waals surface area contributed by atoms with Crippen molar-refractivity contribution < 1.29 is 14.6 Å². The van der Waals surface area contributed by atoms with Crippen molar-refractivity contribution in [2.75, 3.05) is 19.7 Å². The molecule has 1 N–H and O–H groups in total. The van der Waals surface area contributed by atoms with Gasteiger partial charge in [-0.3, -0.25) is 4.90 Å². The number of carbonyl (C=O) groups is 1. The van der Waals surface area contributed by atoms with E-state index in [2.05, 4.69) is 4.90 Å². The molecule has 0 unspecified atom stereocenters. The van der Waals surface area contributed by atoms with Crippen molar-refractivity contribution in [2.24, 2.45) is 0 Å². The summed E-state index contributed by atoms with van der Waals surface area (Å²) in [6.07, 6.45) is 0. The fourth-order valence-corrected chi connectivity index (χ4v) is 2.62. The molecule has 4 nitrogen and oxygen atoms in total. The third kappa shape index (κ3) is 3.83. The minimum Gasteiger partial charge on any atom is -0.480 e. The Hall–Kier alpha value is -0.810. The van der Waals surface area contributed by atoms with Gasteiger partial charge in [0.2, 0.25) is 0 Å². The molecule has 0 radical (unpaired) electrons. The van der Waals surface area contributed by atoms with Gasteiger partial charge in [-0.25, -0.2) is 4.79 Å². The number of halogens is 2. The molecule has 1 heterocycles. The first-order chi connectivity index (χ1) is 8.88. The number of hydrogen-bond acceptors (Lipinski definition) is 3. The monoisotopic (exact) mass is 303 g/mol. The molecule has 0 amide bonds. The summed E-state index contributed by atoms with van der Waals surface area (Å²) in [6.45, 7) is 3.70. The van der Waals surface area contributed by atoms with Gasteiger partial charge in [0.15, 0.2) is 0 Å². The van der Waals surface area contributed by atoms with E-state index in [0.717, 1.165) is 5.56 Å². The van der Waals surface area contributed by atoms with Crippen LogP contribution in [0.25, 0.3) is 0 Å². The van der Waals surface area contributed by atoms with Crippen molar-refractivity contribution in [2.45, 2.75) is 19.1 Å². The molecule has 6 heteroatoms. The normalized spacial score (nSPS) is 18.1. The lowest BCUT2D eigenvalue weighted by Crippen LogP contribution is -2.61. The van der Waals surface area contributed by atoms with Crippen LogP contribution in [0.4, 0.5) is 0 Å². The Bertz CT molecular complexity index is 487. The van der Waals surface area contributed by atoms with Crippen molar-refractivity contribution in [1.82, 2.24) is 4.90 Å². The second-order valence-electron chi connectivity index (χ2n) is 5.01. The van der Waals surface area contributed by atoms with Gasteiger partial charge in [0.25, 0.3) is 0 Å². The lowest BCUT2D eigenvalue weighted by molar-refractivity contribution is -0.165. The number of ether oxygens (including phenoxy) is 1. The summed E-state index contributed by atoms with van der Waals surface area (Å²) in [5, 5.41) is 9.94. The Labute approximate surface area is 121 Å². The molecule has 0 aliphatic carbocycles. The van der Waals surface area contributed by atoms with Crippen LogP contribution in [0.3, 0.4) is 0 Å². The molecular weight excluding hydrogens is 289 g/mol. The quantitative estimate of drug-likeness (QED) is 0.908. The average molecular weight is 304 g/mol. The Balaban J connectivity index is 1.87. The molecule has 1 fully saturated rings. The Morgan fingerprint density at radius 1 is 1.47 bits per heavy atom. The molecule has 19 heavy (non-hydrogen) atoms. The molecule has 2 rings (SSSR count). The first-order valence-corrected chi connectivity index (χ1v) is 6.66. The number of likely N-dealkylation sites (tertiary alicyclic amines) is 1. The molecule has 0 aromatic heterocycles. The molecule has 104 valence electrons. The van der Waals surface area contributed by atoms with E-state index in [9.17, 15) is 4.79 Å². The fraction of sp³-hybridized carbons (Fsp3) is 0.462. The van der Waals surface area contributed by atoms with Gasteiger partial charge in [-0.05, 0) is 30.7 Å². The van der Waals surface area contributed by atoms with Crippen LogP contribution in [0.2, 0.25) is 10.0 Å². The van der Waals surface area contributed by atoms with E-state index in [1.165, 1.54) is 0 Å². The van der Waals surface area contributed by atoms with Crippen molar-refractivity contribution in [3.63, 3.8) is 0 Å². The van der Waals surface area contributed by atoms with E-state index in [1.807, 2.05) is 13.0 Å². The Kier molecular flexibility index (Phi) is 4.36. The largest absolute Gasteiger partial charge is 0.480 e. The van der Waals surface area contributed by atoms with Gasteiger partial charge in [-0.2, -0.15) is 0 Å². The molecule has 0 bridgehead atoms. The summed E-state index contributed by atoms with van der Waals surface area (Å²) >= 11 is 12.0. The number of carboxylic acids is 1. The number of benzene rings is 1. The zero-order valence-electron chi connectivity index (χ0n) is 10.5. The van der Waals surface area contributed by atoms with Gasteiger partial charge < -0.3 is 9.84 Å². The SMILES string of the molecule is CC1(OCC(=O)O)CN(Cc2cc(Cl)ccc2Cl)C1. The van der Waals surface area contributed by atoms with E-state index in [-0.39, 0.29) is 12.2 Å². The zero-order chi connectivity index (χ0) is 14.0. The third-order valence-electron chi connectivity index (χ3n) is 3.06. The van der Waals surface area contributed by atoms with Crippen LogP contribution in [-0.2, 0) is 16.1 Å². The number of aliphatic carboxylic acids is 1. The first-order valence-electron chi connectivity index (χ1n) is 5.90. The van der Waals surface area contributed by atoms with Crippen molar-refractivity contribution in [3.05, 3.63) is 33.8 Å². The van der Waals surface area contributed by atoms with Crippen molar-refractivity contribution in [3.8, 4) is 0 Å². The Morgan fingerprint density at radius 3 is 2.79 bits per heavy atom. The smallest absolute Gasteiger partial charge is 0.329 e. The summed E-state index contributed by atoms with van der Waals surface area (Å²) in [5.74, 6) is -0.947. The Morgan fingerprint density at radius 2 is 2.16 bits per heavy atom. The third-order valence-corrected chi connectivity index (χ3v) is 3.67. The standard InChI is InChI=1S/C13H15Cl2NO3/c1-13(19-6-12(17)18)7-16(8-13)5-9-4-10(14)2-3-11(9)15/h2-4H,5-8H2,1H3,(H,17,18). The number of carboxylic acid groups (broad SMARTS) is 1. The summed E-state index contributed by atoms with van der Waals surface area (Å²) in [6, 6.07) is 5.38. The molecule has 0 atom stereocenters.